The number of allylic oxidation sites excluding steroid dienone is 2. The summed E-state index contributed by atoms with van der Waals surface area (Å²) in [5.74, 6) is -0.614. The predicted octanol–water partition coefficient (Wildman–Crippen LogP) is 4.00. The molecule has 3 aliphatic rings. The Balaban J connectivity index is 1.81. The summed E-state index contributed by atoms with van der Waals surface area (Å²) in [4.78, 5) is 27.9. The van der Waals surface area contributed by atoms with Gasteiger partial charge in [-0.1, -0.05) is 48.0 Å². The van der Waals surface area contributed by atoms with E-state index in [1.165, 1.54) is 6.08 Å². The summed E-state index contributed by atoms with van der Waals surface area (Å²) in [5.41, 5.74) is 1.31. The van der Waals surface area contributed by atoms with Crippen LogP contribution in [0.1, 0.15) is 5.56 Å². The summed E-state index contributed by atoms with van der Waals surface area (Å²) >= 11 is 12.3. The van der Waals surface area contributed by atoms with Crippen molar-refractivity contribution >= 4 is 46.2 Å². The summed E-state index contributed by atoms with van der Waals surface area (Å²) < 4.78 is 0. The maximum absolute atomic E-state index is 13.6. The Labute approximate surface area is 182 Å². The molecule has 1 saturated heterocycles. The van der Waals surface area contributed by atoms with Gasteiger partial charge in [-0.2, -0.15) is 0 Å². The van der Waals surface area contributed by atoms with Crippen LogP contribution in [0.15, 0.2) is 83.8 Å². The molecule has 0 bridgehead atoms. The van der Waals surface area contributed by atoms with Crippen LogP contribution in [0.5, 0.6) is 0 Å². The normalized spacial score (nSPS) is 25.4. The van der Waals surface area contributed by atoms with Crippen LogP contribution in [0.4, 0.5) is 5.69 Å². The molecule has 1 amide bonds. The monoisotopic (exact) mass is 438 g/mol. The highest BCUT2D eigenvalue weighted by atomic mass is 35.5. The summed E-state index contributed by atoms with van der Waals surface area (Å²) in [5, 5.41) is 13.6. The number of hydrogen-bond acceptors (Lipinski definition) is 4. The number of benzene rings is 2. The average Bonchev–Trinajstić information content (AvgIpc) is 3.18. The first kappa shape index (κ1) is 19.0. The van der Waals surface area contributed by atoms with Gasteiger partial charge in [0.25, 0.3) is 5.91 Å². The van der Waals surface area contributed by atoms with Crippen molar-refractivity contribution in [1.29, 1.82) is 0 Å². The lowest BCUT2D eigenvalue weighted by Gasteiger charge is -2.38. The summed E-state index contributed by atoms with van der Waals surface area (Å²) in [6.45, 7) is 0.0844. The van der Waals surface area contributed by atoms with Gasteiger partial charge in [0.1, 0.15) is 11.1 Å². The van der Waals surface area contributed by atoms with Crippen LogP contribution in [0.3, 0.4) is 0 Å². The molecule has 2 aromatic carbocycles. The van der Waals surface area contributed by atoms with E-state index in [0.717, 1.165) is 0 Å². The second kappa shape index (κ2) is 6.76. The van der Waals surface area contributed by atoms with Gasteiger partial charge in [0, 0.05) is 27.6 Å². The number of rotatable bonds is 2. The van der Waals surface area contributed by atoms with E-state index >= 15 is 0 Å². The predicted molar refractivity (Wildman–Crippen MR) is 116 cm³/mol. The summed E-state index contributed by atoms with van der Waals surface area (Å²) in [6, 6.07) is 16.3. The molecule has 2 aromatic rings. The largest absolute Gasteiger partial charge is 0.510 e. The van der Waals surface area contributed by atoms with Gasteiger partial charge in [0.2, 0.25) is 0 Å². The van der Waals surface area contributed by atoms with E-state index in [-0.39, 0.29) is 24.0 Å². The first-order valence-electron chi connectivity index (χ1n) is 9.38. The standard InChI is InChI=1S/C23H16Cl2N2O3/c24-14-7-4-8-15(9-14)27-12-20(29)21(13-5-2-1-3-6-13)23(27)16-10-19(28)17(25)11-18(16)26-22(23)30/h1-11,17,29H,12H2,(H,26,30). The number of alkyl halides is 1. The maximum Gasteiger partial charge on any atom is 0.259 e. The number of carbonyl (C=O) groups is 2. The van der Waals surface area contributed by atoms with Crippen molar-refractivity contribution in [3.63, 3.8) is 0 Å². The zero-order valence-electron chi connectivity index (χ0n) is 15.6. The fourth-order valence-corrected chi connectivity index (χ4v) is 4.85. The fourth-order valence-electron chi connectivity index (χ4n) is 4.48. The molecule has 150 valence electrons. The number of aliphatic hydroxyl groups is 1. The van der Waals surface area contributed by atoms with Crippen LogP contribution in [-0.2, 0) is 9.59 Å². The highest BCUT2D eigenvalue weighted by Gasteiger charge is 2.61. The number of ketones is 1. The Morgan fingerprint density at radius 3 is 2.60 bits per heavy atom. The van der Waals surface area contributed by atoms with Crippen molar-refractivity contribution in [2.45, 2.75) is 10.9 Å². The number of halogens is 2. The highest BCUT2D eigenvalue weighted by molar-refractivity contribution is 6.35. The molecule has 30 heavy (non-hydrogen) atoms. The minimum Gasteiger partial charge on any atom is -0.510 e. The number of amides is 1. The molecular formula is C23H16Cl2N2O3. The van der Waals surface area contributed by atoms with Crippen LogP contribution < -0.4 is 10.2 Å². The average molecular weight is 439 g/mol. The summed E-state index contributed by atoms with van der Waals surface area (Å²) in [6.07, 6.45) is 2.95. The van der Waals surface area contributed by atoms with Gasteiger partial charge in [-0.3, -0.25) is 9.59 Å². The SMILES string of the molecule is O=C1C=C2C(=CC1Cl)NC(=O)C21C(c2ccccc2)=C(O)CN1c1cccc(Cl)c1. The zero-order chi connectivity index (χ0) is 21.0. The quantitative estimate of drug-likeness (QED) is 0.695. The number of carbonyl (C=O) groups excluding carboxylic acids is 2. The minimum absolute atomic E-state index is 0.0546. The van der Waals surface area contributed by atoms with Crippen LogP contribution in [0.2, 0.25) is 5.02 Å². The Hall–Kier alpha value is -3.02. The van der Waals surface area contributed by atoms with E-state index in [4.69, 9.17) is 23.2 Å². The molecule has 1 aliphatic carbocycles. The van der Waals surface area contributed by atoms with E-state index in [1.54, 1.807) is 29.2 Å². The van der Waals surface area contributed by atoms with E-state index in [9.17, 15) is 14.7 Å². The van der Waals surface area contributed by atoms with Gasteiger partial charge >= 0.3 is 0 Å². The van der Waals surface area contributed by atoms with E-state index in [1.807, 2.05) is 36.4 Å². The van der Waals surface area contributed by atoms with E-state index in [2.05, 4.69) is 5.32 Å². The number of aliphatic hydroxyl groups excluding tert-OH is 1. The van der Waals surface area contributed by atoms with Crippen molar-refractivity contribution in [3.05, 3.63) is 94.4 Å². The molecular weight excluding hydrogens is 423 g/mol. The van der Waals surface area contributed by atoms with Gasteiger partial charge in [0.15, 0.2) is 11.3 Å². The first-order chi connectivity index (χ1) is 14.4. The number of hydrogen-bond donors (Lipinski definition) is 2. The molecule has 2 aliphatic heterocycles. The molecule has 2 heterocycles. The molecule has 1 spiro atoms. The van der Waals surface area contributed by atoms with Crippen molar-refractivity contribution in [2.24, 2.45) is 0 Å². The molecule has 0 radical (unpaired) electrons. The molecule has 5 rings (SSSR count). The number of fused-ring (bicyclic) bond motifs is 2. The minimum atomic E-state index is -1.42. The number of nitrogens with one attached hydrogen (secondary N) is 1. The van der Waals surface area contributed by atoms with Gasteiger partial charge in [-0.25, -0.2) is 0 Å². The Morgan fingerprint density at radius 1 is 1.10 bits per heavy atom. The van der Waals surface area contributed by atoms with Gasteiger partial charge in [-0.15, -0.1) is 11.6 Å². The van der Waals surface area contributed by atoms with Crippen molar-refractivity contribution < 1.29 is 14.7 Å². The van der Waals surface area contributed by atoms with Gasteiger partial charge in [-0.05, 0) is 35.9 Å². The molecule has 5 nitrogen and oxygen atoms in total. The first-order valence-corrected chi connectivity index (χ1v) is 10.2. The molecule has 1 fully saturated rings. The second-order valence-corrected chi connectivity index (χ2v) is 8.27. The van der Waals surface area contributed by atoms with Gasteiger partial charge < -0.3 is 15.3 Å². The third-order valence-corrected chi connectivity index (χ3v) is 6.25. The lowest BCUT2D eigenvalue weighted by molar-refractivity contribution is -0.121. The third kappa shape index (κ3) is 2.56. The fraction of sp³-hybridized carbons (Fsp3) is 0.130. The molecule has 2 atom stereocenters. The Morgan fingerprint density at radius 2 is 1.87 bits per heavy atom. The highest BCUT2D eigenvalue weighted by Crippen LogP contribution is 2.52. The van der Waals surface area contributed by atoms with Gasteiger partial charge in [0.05, 0.1) is 6.54 Å². The van der Waals surface area contributed by atoms with Crippen LogP contribution >= 0.6 is 23.2 Å². The van der Waals surface area contributed by atoms with Crippen molar-refractivity contribution in [3.8, 4) is 0 Å². The Kier molecular flexibility index (Phi) is 4.27. The van der Waals surface area contributed by atoms with Crippen LogP contribution in [-0.4, -0.2) is 34.3 Å². The maximum atomic E-state index is 13.6. The zero-order valence-corrected chi connectivity index (χ0v) is 17.1. The van der Waals surface area contributed by atoms with E-state index in [0.29, 0.717) is 33.1 Å². The Bertz CT molecular complexity index is 1190. The number of nitrogens with zero attached hydrogens (tertiary/aromatic N) is 1. The van der Waals surface area contributed by atoms with Crippen molar-refractivity contribution in [1.82, 2.24) is 5.32 Å². The van der Waals surface area contributed by atoms with E-state index < -0.39 is 10.9 Å². The number of anilines is 1. The smallest absolute Gasteiger partial charge is 0.259 e. The second-order valence-electron chi connectivity index (χ2n) is 7.36. The lowest BCUT2D eigenvalue weighted by Crippen LogP contribution is -2.53. The molecule has 2 N–H and O–H groups in total. The molecule has 0 aromatic heterocycles. The molecule has 2 unspecified atom stereocenters. The topological polar surface area (TPSA) is 69.6 Å². The van der Waals surface area contributed by atoms with Crippen molar-refractivity contribution in [2.75, 3.05) is 11.4 Å². The molecule has 7 heteroatoms. The summed E-state index contributed by atoms with van der Waals surface area (Å²) in [7, 11) is 0. The van der Waals surface area contributed by atoms with Crippen LogP contribution in [0, 0.1) is 0 Å². The van der Waals surface area contributed by atoms with Crippen LogP contribution in [0.25, 0.3) is 5.57 Å². The molecule has 0 saturated carbocycles. The third-order valence-electron chi connectivity index (χ3n) is 5.67. The lowest BCUT2D eigenvalue weighted by atomic mass is 9.78.